The molecule has 0 saturated heterocycles. The SMILES string of the molecule is CCC(C)NC(=O)C(C)Oc1cc(CNC)ccc1OC. The number of carbonyl (C=O) groups is 1. The van der Waals surface area contributed by atoms with E-state index in [2.05, 4.69) is 10.6 Å². The molecule has 0 saturated carbocycles. The summed E-state index contributed by atoms with van der Waals surface area (Å²) < 4.78 is 11.0. The lowest BCUT2D eigenvalue weighted by Crippen LogP contribution is -2.41. The van der Waals surface area contributed by atoms with Gasteiger partial charge in [0.15, 0.2) is 17.6 Å². The van der Waals surface area contributed by atoms with Gasteiger partial charge in [0.05, 0.1) is 7.11 Å². The fraction of sp³-hybridized carbons (Fsp3) is 0.562. The fourth-order valence-corrected chi connectivity index (χ4v) is 1.83. The van der Waals surface area contributed by atoms with Gasteiger partial charge in [0.1, 0.15) is 0 Å². The van der Waals surface area contributed by atoms with Gasteiger partial charge in [0.2, 0.25) is 0 Å². The van der Waals surface area contributed by atoms with Crippen LogP contribution in [0.2, 0.25) is 0 Å². The van der Waals surface area contributed by atoms with Crippen molar-refractivity contribution in [1.29, 1.82) is 0 Å². The molecule has 118 valence electrons. The Hall–Kier alpha value is -1.75. The summed E-state index contributed by atoms with van der Waals surface area (Å²) in [4.78, 5) is 12.0. The third-order valence-corrected chi connectivity index (χ3v) is 3.28. The van der Waals surface area contributed by atoms with Crippen molar-refractivity contribution in [1.82, 2.24) is 10.6 Å². The number of amides is 1. The van der Waals surface area contributed by atoms with Crippen LogP contribution in [0, 0.1) is 0 Å². The molecule has 0 aliphatic rings. The number of rotatable bonds is 8. The highest BCUT2D eigenvalue weighted by molar-refractivity contribution is 5.81. The van der Waals surface area contributed by atoms with Gasteiger partial charge in [0, 0.05) is 12.6 Å². The lowest BCUT2D eigenvalue weighted by Gasteiger charge is -2.19. The van der Waals surface area contributed by atoms with Crippen LogP contribution in [0.5, 0.6) is 11.5 Å². The van der Waals surface area contributed by atoms with Crippen LogP contribution in [-0.2, 0) is 11.3 Å². The summed E-state index contributed by atoms with van der Waals surface area (Å²) in [6.07, 6.45) is 0.317. The Kier molecular flexibility index (Phi) is 7.02. The molecular formula is C16H26N2O3. The van der Waals surface area contributed by atoms with Crippen molar-refractivity contribution in [3.8, 4) is 11.5 Å². The number of carbonyl (C=O) groups excluding carboxylic acids is 1. The Labute approximate surface area is 127 Å². The van der Waals surface area contributed by atoms with E-state index in [1.165, 1.54) is 0 Å². The first-order chi connectivity index (χ1) is 10.0. The maximum atomic E-state index is 12.0. The molecule has 0 spiro atoms. The van der Waals surface area contributed by atoms with Crippen molar-refractivity contribution in [2.45, 2.75) is 45.9 Å². The molecule has 0 aliphatic carbocycles. The Morgan fingerprint density at radius 3 is 2.57 bits per heavy atom. The van der Waals surface area contributed by atoms with Crippen LogP contribution in [0.4, 0.5) is 0 Å². The second kappa shape index (κ2) is 8.52. The standard InChI is InChI=1S/C16H26N2O3/c1-6-11(2)18-16(19)12(3)21-15-9-13(10-17-4)7-8-14(15)20-5/h7-9,11-12,17H,6,10H2,1-5H3,(H,18,19). The smallest absolute Gasteiger partial charge is 0.260 e. The van der Waals surface area contributed by atoms with E-state index in [1.807, 2.05) is 39.1 Å². The zero-order chi connectivity index (χ0) is 15.8. The van der Waals surface area contributed by atoms with Crippen LogP contribution in [0.3, 0.4) is 0 Å². The van der Waals surface area contributed by atoms with Gasteiger partial charge < -0.3 is 20.1 Å². The minimum Gasteiger partial charge on any atom is -0.493 e. The van der Waals surface area contributed by atoms with E-state index < -0.39 is 6.10 Å². The van der Waals surface area contributed by atoms with Crippen molar-refractivity contribution in [3.05, 3.63) is 23.8 Å². The lowest BCUT2D eigenvalue weighted by molar-refractivity contribution is -0.127. The summed E-state index contributed by atoms with van der Waals surface area (Å²) in [6, 6.07) is 5.84. The Morgan fingerprint density at radius 1 is 1.29 bits per heavy atom. The number of benzene rings is 1. The number of hydrogen-bond acceptors (Lipinski definition) is 4. The molecule has 21 heavy (non-hydrogen) atoms. The molecule has 0 fully saturated rings. The van der Waals surface area contributed by atoms with E-state index in [0.29, 0.717) is 11.5 Å². The Morgan fingerprint density at radius 2 is 2.00 bits per heavy atom. The van der Waals surface area contributed by atoms with Crippen molar-refractivity contribution in [2.24, 2.45) is 0 Å². The van der Waals surface area contributed by atoms with Crippen LogP contribution in [0.25, 0.3) is 0 Å². The second-order valence-corrected chi connectivity index (χ2v) is 5.09. The third-order valence-electron chi connectivity index (χ3n) is 3.28. The van der Waals surface area contributed by atoms with Crippen molar-refractivity contribution in [2.75, 3.05) is 14.2 Å². The minimum atomic E-state index is -0.572. The first-order valence-corrected chi connectivity index (χ1v) is 7.30. The molecular weight excluding hydrogens is 268 g/mol. The molecule has 0 aliphatic heterocycles. The quantitative estimate of drug-likeness (QED) is 0.771. The molecule has 1 rings (SSSR count). The normalized spacial score (nSPS) is 13.4. The van der Waals surface area contributed by atoms with Gasteiger partial charge in [0.25, 0.3) is 5.91 Å². The molecule has 2 atom stereocenters. The van der Waals surface area contributed by atoms with Crippen LogP contribution < -0.4 is 20.1 Å². The molecule has 1 aromatic carbocycles. The average molecular weight is 294 g/mol. The number of methoxy groups -OCH3 is 1. The van der Waals surface area contributed by atoms with E-state index in [0.717, 1.165) is 18.5 Å². The van der Waals surface area contributed by atoms with E-state index in [4.69, 9.17) is 9.47 Å². The predicted octanol–water partition coefficient (Wildman–Crippen LogP) is 2.10. The van der Waals surface area contributed by atoms with Gasteiger partial charge in [-0.15, -0.1) is 0 Å². The molecule has 2 N–H and O–H groups in total. The number of ether oxygens (including phenoxy) is 2. The van der Waals surface area contributed by atoms with Crippen LogP contribution in [0.1, 0.15) is 32.8 Å². The van der Waals surface area contributed by atoms with Crippen LogP contribution in [-0.4, -0.2) is 32.2 Å². The Balaban J connectivity index is 2.79. The molecule has 2 unspecified atom stereocenters. The van der Waals surface area contributed by atoms with Crippen molar-refractivity contribution < 1.29 is 14.3 Å². The molecule has 5 heteroatoms. The monoisotopic (exact) mass is 294 g/mol. The zero-order valence-corrected chi connectivity index (χ0v) is 13.5. The van der Waals surface area contributed by atoms with Crippen molar-refractivity contribution in [3.63, 3.8) is 0 Å². The van der Waals surface area contributed by atoms with Gasteiger partial charge in [-0.05, 0) is 45.0 Å². The largest absolute Gasteiger partial charge is 0.493 e. The molecule has 1 aromatic rings. The second-order valence-electron chi connectivity index (χ2n) is 5.09. The van der Waals surface area contributed by atoms with E-state index in [-0.39, 0.29) is 11.9 Å². The molecule has 0 heterocycles. The molecule has 0 radical (unpaired) electrons. The maximum Gasteiger partial charge on any atom is 0.260 e. The highest BCUT2D eigenvalue weighted by Crippen LogP contribution is 2.29. The summed E-state index contributed by atoms with van der Waals surface area (Å²) in [6.45, 7) is 6.47. The number of hydrogen-bond donors (Lipinski definition) is 2. The number of nitrogens with one attached hydrogen (secondary N) is 2. The molecule has 0 bridgehead atoms. The summed E-state index contributed by atoms with van der Waals surface area (Å²) in [7, 11) is 3.47. The summed E-state index contributed by atoms with van der Waals surface area (Å²) in [5.41, 5.74) is 1.07. The van der Waals surface area contributed by atoms with E-state index in [9.17, 15) is 4.79 Å². The van der Waals surface area contributed by atoms with Crippen LogP contribution >= 0.6 is 0 Å². The van der Waals surface area contributed by atoms with Crippen LogP contribution in [0.15, 0.2) is 18.2 Å². The highest BCUT2D eigenvalue weighted by atomic mass is 16.5. The fourth-order valence-electron chi connectivity index (χ4n) is 1.83. The van der Waals surface area contributed by atoms with Crippen molar-refractivity contribution >= 4 is 5.91 Å². The average Bonchev–Trinajstić information content (AvgIpc) is 2.47. The summed E-state index contributed by atoms with van der Waals surface area (Å²) in [5.74, 6) is 1.08. The summed E-state index contributed by atoms with van der Waals surface area (Å²) >= 11 is 0. The summed E-state index contributed by atoms with van der Waals surface area (Å²) in [5, 5.41) is 5.99. The highest BCUT2D eigenvalue weighted by Gasteiger charge is 2.18. The molecule has 5 nitrogen and oxygen atoms in total. The van der Waals surface area contributed by atoms with Gasteiger partial charge >= 0.3 is 0 Å². The van der Waals surface area contributed by atoms with E-state index >= 15 is 0 Å². The lowest BCUT2D eigenvalue weighted by atomic mass is 10.2. The van der Waals surface area contributed by atoms with Gasteiger partial charge in [-0.25, -0.2) is 0 Å². The van der Waals surface area contributed by atoms with Gasteiger partial charge in [-0.2, -0.15) is 0 Å². The topological polar surface area (TPSA) is 59.6 Å². The maximum absolute atomic E-state index is 12.0. The third kappa shape index (κ3) is 5.27. The molecule has 1 amide bonds. The minimum absolute atomic E-state index is 0.120. The van der Waals surface area contributed by atoms with Gasteiger partial charge in [-0.3, -0.25) is 4.79 Å². The van der Waals surface area contributed by atoms with Gasteiger partial charge in [-0.1, -0.05) is 13.0 Å². The first-order valence-electron chi connectivity index (χ1n) is 7.30. The predicted molar refractivity (Wildman–Crippen MR) is 83.7 cm³/mol. The zero-order valence-electron chi connectivity index (χ0n) is 13.5. The Bertz CT molecular complexity index is 463. The first kappa shape index (κ1) is 17.3. The molecule has 0 aromatic heterocycles. The van der Waals surface area contributed by atoms with E-state index in [1.54, 1.807) is 14.0 Å².